The lowest BCUT2D eigenvalue weighted by atomic mass is 9.90. The number of benzene rings is 3. The molecule has 5 aromatic rings. The van der Waals surface area contributed by atoms with E-state index in [-0.39, 0.29) is 0 Å². The highest BCUT2D eigenvalue weighted by atomic mass is 16.3. The van der Waals surface area contributed by atoms with E-state index in [1.165, 1.54) is 0 Å². The van der Waals surface area contributed by atoms with Gasteiger partial charge in [0.15, 0.2) is 6.20 Å². The van der Waals surface area contributed by atoms with Crippen molar-refractivity contribution in [2.45, 2.75) is 27.2 Å². The number of nitrogens with zero attached hydrogens (tertiary/aromatic N) is 2. The third-order valence-electron chi connectivity index (χ3n) is 6.34. The van der Waals surface area contributed by atoms with Gasteiger partial charge in [0.2, 0.25) is 11.4 Å². The number of hydrogen-bond acceptors (Lipinski definition) is 1. The summed E-state index contributed by atoms with van der Waals surface area (Å²) in [6.07, 6.45) is 2.88. The van der Waals surface area contributed by atoms with Crippen LogP contribution < -0.4 is 4.57 Å². The molecule has 0 aliphatic rings. The van der Waals surface area contributed by atoms with Crippen molar-refractivity contribution < 1.29 is 8.98 Å². The van der Waals surface area contributed by atoms with Gasteiger partial charge in [-0.1, -0.05) is 56.3 Å². The number of fused-ring (bicyclic) bond motifs is 3. The predicted molar refractivity (Wildman–Crippen MR) is 135 cm³/mol. The molecule has 5 rings (SSSR count). The van der Waals surface area contributed by atoms with Crippen LogP contribution in [0.1, 0.15) is 25.0 Å². The number of furan rings is 1. The molecule has 0 amide bonds. The van der Waals surface area contributed by atoms with Crippen LogP contribution in [0.25, 0.3) is 49.2 Å². The van der Waals surface area contributed by atoms with E-state index < -0.39 is 0 Å². The van der Waals surface area contributed by atoms with Gasteiger partial charge in [-0.25, -0.2) is 9.41 Å². The predicted octanol–water partition coefficient (Wildman–Crippen LogP) is 7.80. The molecule has 0 aliphatic heterocycles. The summed E-state index contributed by atoms with van der Waals surface area (Å²) in [5.41, 5.74) is 8.83. The largest absolute Gasteiger partial charge is 0.466 e. The highest BCUT2D eigenvalue weighted by Crippen LogP contribution is 2.45. The fourth-order valence-electron chi connectivity index (χ4n) is 4.80. The lowest BCUT2D eigenvalue weighted by molar-refractivity contribution is -0.660. The molecular formula is C30H27N2O+. The quantitative estimate of drug-likeness (QED) is 0.210. The molecule has 162 valence electrons. The molecule has 0 saturated carbocycles. The van der Waals surface area contributed by atoms with Crippen molar-refractivity contribution in [1.29, 1.82) is 0 Å². The van der Waals surface area contributed by atoms with Crippen LogP contribution >= 0.6 is 0 Å². The highest BCUT2D eigenvalue weighted by molar-refractivity contribution is 6.15. The molecule has 0 bridgehead atoms. The zero-order chi connectivity index (χ0) is 23.1. The fraction of sp³-hybridized carbons (Fsp3) is 0.200. The van der Waals surface area contributed by atoms with Crippen molar-refractivity contribution in [1.82, 2.24) is 0 Å². The average Bonchev–Trinajstić information content (AvgIpc) is 3.17. The molecule has 0 fully saturated rings. The number of aromatic nitrogens is 1. The Balaban J connectivity index is 1.92. The molecule has 0 saturated heterocycles. The van der Waals surface area contributed by atoms with Crippen LogP contribution in [0.2, 0.25) is 0 Å². The Morgan fingerprint density at radius 1 is 0.939 bits per heavy atom. The first kappa shape index (κ1) is 21.0. The SMILES string of the molecule is [C-]#[N+]c1c(CC(C)C)c(-c2ccccc2)cc2c1oc1c(-c3cccc[n+]3C)c(C)ccc12. The van der Waals surface area contributed by atoms with Gasteiger partial charge < -0.3 is 4.42 Å². The zero-order valence-corrected chi connectivity index (χ0v) is 19.5. The van der Waals surface area contributed by atoms with Crippen LogP contribution in [0.3, 0.4) is 0 Å². The summed E-state index contributed by atoms with van der Waals surface area (Å²) in [6.45, 7) is 14.6. The second-order valence-corrected chi connectivity index (χ2v) is 9.14. The van der Waals surface area contributed by atoms with Gasteiger partial charge in [0.25, 0.3) is 0 Å². The van der Waals surface area contributed by atoms with Crippen molar-refractivity contribution in [2.75, 3.05) is 0 Å². The minimum Gasteiger partial charge on any atom is -0.466 e. The first-order valence-corrected chi connectivity index (χ1v) is 11.4. The zero-order valence-electron chi connectivity index (χ0n) is 19.5. The maximum atomic E-state index is 8.10. The maximum absolute atomic E-state index is 8.10. The van der Waals surface area contributed by atoms with Gasteiger partial charge in [-0.3, -0.25) is 0 Å². The standard InChI is InChI=1S/C30H27N2O/c1-19(2)17-24-23(21-11-7-6-8-12-21)18-25-22-15-14-20(3)27(26-13-9-10-16-32(26)5)29(22)33-30(25)28(24)31-4/h6-16,18-19H,17H2,1-3,5H3/q+1. The van der Waals surface area contributed by atoms with Crippen LogP contribution in [0.5, 0.6) is 0 Å². The van der Waals surface area contributed by atoms with Gasteiger partial charge in [-0.15, -0.1) is 0 Å². The molecule has 3 heteroatoms. The van der Waals surface area contributed by atoms with E-state index in [0.717, 1.165) is 56.3 Å². The van der Waals surface area contributed by atoms with E-state index in [4.69, 9.17) is 11.0 Å². The molecule has 0 spiro atoms. The van der Waals surface area contributed by atoms with Crippen molar-refractivity contribution in [2.24, 2.45) is 13.0 Å². The van der Waals surface area contributed by atoms with E-state index in [0.29, 0.717) is 17.2 Å². The van der Waals surface area contributed by atoms with E-state index in [2.05, 4.69) is 98.0 Å². The molecule has 0 radical (unpaired) electrons. The topological polar surface area (TPSA) is 21.4 Å². The molecule has 2 aromatic heterocycles. The Kier molecular flexibility index (Phi) is 5.23. The molecule has 0 unspecified atom stereocenters. The van der Waals surface area contributed by atoms with Crippen LogP contribution in [0.15, 0.2) is 77.3 Å². The molecule has 0 N–H and O–H groups in total. The first-order chi connectivity index (χ1) is 16.0. The van der Waals surface area contributed by atoms with Gasteiger partial charge in [0.1, 0.15) is 18.2 Å². The lowest BCUT2D eigenvalue weighted by Gasteiger charge is -2.15. The summed E-state index contributed by atoms with van der Waals surface area (Å²) in [6, 6.07) is 23.1. The molecule has 3 aromatic carbocycles. The Morgan fingerprint density at radius 2 is 1.70 bits per heavy atom. The molecule has 33 heavy (non-hydrogen) atoms. The molecule has 3 nitrogen and oxygen atoms in total. The van der Waals surface area contributed by atoms with Gasteiger partial charge in [-0.2, -0.15) is 0 Å². The van der Waals surface area contributed by atoms with Crippen LogP contribution in [-0.2, 0) is 13.5 Å². The maximum Gasteiger partial charge on any atom is 0.233 e. The van der Waals surface area contributed by atoms with Crippen molar-refractivity contribution in [3.05, 3.63) is 95.5 Å². The summed E-state index contributed by atoms with van der Waals surface area (Å²) in [7, 11) is 2.05. The lowest BCUT2D eigenvalue weighted by Crippen LogP contribution is -2.30. The smallest absolute Gasteiger partial charge is 0.233 e. The summed E-state index contributed by atoms with van der Waals surface area (Å²) in [4.78, 5) is 4.03. The van der Waals surface area contributed by atoms with Gasteiger partial charge in [-0.05, 0) is 53.6 Å². The van der Waals surface area contributed by atoms with E-state index in [1.54, 1.807) is 0 Å². The second-order valence-electron chi connectivity index (χ2n) is 9.14. The number of aryl methyl sites for hydroxylation is 2. The third kappa shape index (κ3) is 3.49. The van der Waals surface area contributed by atoms with Gasteiger partial charge >= 0.3 is 0 Å². The monoisotopic (exact) mass is 431 g/mol. The van der Waals surface area contributed by atoms with Crippen LogP contribution in [0.4, 0.5) is 5.69 Å². The summed E-state index contributed by atoms with van der Waals surface area (Å²) >= 11 is 0. The van der Waals surface area contributed by atoms with Gasteiger partial charge in [0, 0.05) is 22.9 Å². The fourth-order valence-corrected chi connectivity index (χ4v) is 4.80. The minimum absolute atomic E-state index is 0.427. The van der Waals surface area contributed by atoms with E-state index in [9.17, 15) is 0 Å². The summed E-state index contributed by atoms with van der Waals surface area (Å²) in [5, 5.41) is 2.05. The normalized spacial score (nSPS) is 11.4. The second kappa shape index (κ2) is 8.22. The number of pyridine rings is 1. The average molecular weight is 432 g/mol. The minimum atomic E-state index is 0.427. The van der Waals surface area contributed by atoms with Crippen molar-refractivity contribution in [3.63, 3.8) is 0 Å². The summed E-state index contributed by atoms with van der Waals surface area (Å²) < 4.78 is 8.70. The number of rotatable bonds is 4. The van der Waals surface area contributed by atoms with E-state index in [1.807, 2.05) is 12.1 Å². The van der Waals surface area contributed by atoms with Gasteiger partial charge in [0.05, 0.1) is 12.1 Å². The van der Waals surface area contributed by atoms with Crippen LogP contribution in [-0.4, -0.2) is 0 Å². The molecule has 0 aliphatic carbocycles. The number of hydrogen-bond donors (Lipinski definition) is 0. The summed E-state index contributed by atoms with van der Waals surface area (Å²) in [5.74, 6) is 0.427. The first-order valence-electron chi connectivity index (χ1n) is 11.4. The highest BCUT2D eigenvalue weighted by Gasteiger charge is 2.24. The Morgan fingerprint density at radius 3 is 2.39 bits per heavy atom. The Hall–Kier alpha value is -3.90. The van der Waals surface area contributed by atoms with Crippen molar-refractivity contribution in [3.8, 4) is 22.4 Å². The van der Waals surface area contributed by atoms with E-state index >= 15 is 0 Å². The van der Waals surface area contributed by atoms with Crippen LogP contribution in [0, 0.1) is 19.4 Å². The molecule has 0 atom stereocenters. The third-order valence-corrected chi connectivity index (χ3v) is 6.34. The molecule has 2 heterocycles. The molecular weight excluding hydrogens is 404 g/mol. The Bertz CT molecular complexity index is 1540. The Labute approximate surface area is 194 Å². The van der Waals surface area contributed by atoms with Crippen molar-refractivity contribution >= 4 is 27.6 Å².